The van der Waals surface area contributed by atoms with Gasteiger partial charge in [0.05, 0.1) is 5.69 Å². The molecule has 0 aliphatic rings. The Kier molecular flexibility index (Phi) is 4.39. The molecule has 3 nitrogen and oxygen atoms in total. The van der Waals surface area contributed by atoms with Gasteiger partial charge in [0.15, 0.2) is 0 Å². The largest absolute Gasteiger partial charge is 0.652 e. The first-order valence-corrected chi connectivity index (χ1v) is 8.50. The van der Waals surface area contributed by atoms with E-state index in [1.54, 1.807) is 6.20 Å². The number of para-hydroxylation sites is 2. The van der Waals surface area contributed by atoms with Crippen molar-refractivity contribution in [2.24, 2.45) is 0 Å². The average Bonchev–Trinajstić information content (AvgIpc) is 2.70. The van der Waals surface area contributed by atoms with Crippen molar-refractivity contribution in [1.29, 1.82) is 0 Å². The second kappa shape index (κ2) is 6.98. The van der Waals surface area contributed by atoms with E-state index in [2.05, 4.69) is 62.9 Å². The molecule has 1 aromatic heterocycles. The molecule has 0 bridgehead atoms. The standard InChI is InChI=1S/C21H16N2O.Al/c24-20-14-13-19(18-12-7-15-22-21(18)20)23(16-8-3-1-4-9-16)17-10-5-2-6-11-17;/h1-15,24H;/q;+1/p-1. The number of anilines is 3. The molecule has 0 aliphatic heterocycles. The van der Waals surface area contributed by atoms with E-state index >= 15 is 0 Å². The summed E-state index contributed by atoms with van der Waals surface area (Å²) in [6, 6.07) is 28.7. The van der Waals surface area contributed by atoms with Crippen LogP contribution in [0.4, 0.5) is 17.1 Å². The van der Waals surface area contributed by atoms with Crippen molar-refractivity contribution in [3.8, 4) is 5.75 Å². The fourth-order valence-electron chi connectivity index (χ4n) is 3.00. The van der Waals surface area contributed by atoms with Gasteiger partial charge in [-0.15, -0.1) is 0 Å². The summed E-state index contributed by atoms with van der Waals surface area (Å²) < 4.78 is 5.41. The summed E-state index contributed by atoms with van der Waals surface area (Å²) in [5.74, 6) is 0.741. The van der Waals surface area contributed by atoms with Crippen LogP contribution in [0, 0.1) is 0 Å². The molecule has 118 valence electrons. The van der Waals surface area contributed by atoms with Crippen molar-refractivity contribution < 1.29 is 3.79 Å². The van der Waals surface area contributed by atoms with Crippen LogP contribution in [0.15, 0.2) is 91.1 Å². The highest BCUT2D eigenvalue weighted by Gasteiger charge is 2.16. The van der Waals surface area contributed by atoms with Crippen molar-refractivity contribution in [2.45, 2.75) is 0 Å². The Morgan fingerprint density at radius 2 is 1.36 bits per heavy atom. The van der Waals surface area contributed by atoms with Gasteiger partial charge in [-0.05, 0) is 48.5 Å². The molecule has 3 aromatic carbocycles. The van der Waals surface area contributed by atoms with Gasteiger partial charge >= 0.3 is 16.6 Å². The van der Waals surface area contributed by atoms with Crippen LogP contribution in [0.2, 0.25) is 0 Å². The molecule has 4 heteroatoms. The minimum atomic E-state index is 0.741. The summed E-state index contributed by atoms with van der Waals surface area (Å²) in [7, 11) is 0. The molecule has 0 saturated heterocycles. The fourth-order valence-corrected chi connectivity index (χ4v) is 3.19. The highest BCUT2D eigenvalue weighted by atomic mass is 27.1. The third kappa shape index (κ3) is 2.98. The summed E-state index contributed by atoms with van der Waals surface area (Å²) in [6.45, 7) is 0. The van der Waals surface area contributed by atoms with E-state index in [-0.39, 0.29) is 0 Å². The fraction of sp³-hybridized carbons (Fsp3) is 0. The predicted octanol–water partition coefficient (Wildman–Crippen LogP) is 5.17. The molecule has 0 spiro atoms. The van der Waals surface area contributed by atoms with E-state index in [9.17, 15) is 0 Å². The van der Waals surface area contributed by atoms with E-state index in [0.29, 0.717) is 0 Å². The van der Waals surface area contributed by atoms with Gasteiger partial charge in [-0.3, -0.25) is 4.98 Å². The summed E-state index contributed by atoms with van der Waals surface area (Å²) in [6.07, 6.45) is 1.79. The smallest absolute Gasteiger partial charge is 0.482 e. The van der Waals surface area contributed by atoms with Crippen LogP contribution >= 0.6 is 0 Å². The number of aromatic nitrogens is 1. The monoisotopic (exact) mass is 338 g/mol. The van der Waals surface area contributed by atoms with E-state index in [1.165, 1.54) is 0 Å². The Morgan fingerprint density at radius 1 is 0.720 bits per heavy atom. The maximum Gasteiger partial charge on any atom is 0.482 e. The summed E-state index contributed by atoms with van der Waals surface area (Å²) in [4.78, 5) is 6.75. The van der Waals surface area contributed by atoms with Crippen molar-refractivity contribution >= 4 is 44.6 Å². The van der Waals surface area contributed by atoms with Gasteiger partial charge in [-0.2, -0.15) is 0 Å². The van der Waals surface area contributed by atoms with Crippen molar-refractivity contribution in [3.63, 3.8) is 0 Å². The SMILES string of the molecule is [Al][O]c1ccc(N(c2ccccc2)c2ccccc2)c2cccnc12. The minimum Gasteiger partial charge on any atom is -0.652 e. The van der Waals surface area contributed by atoms with Gasteiger partial charge in [0.25, 0.3) is 0 Å². The van der Waals surface area contributed by atoms with Gasteiger partial charge in [-0.25, -0.2) is 0 Å². The number of nitrogens with zero attached hydrogens (tertiary/aromatic N) is 2. The Hall–Kier alpha value is -2.80. The molecule has 0 saturated carbocycles. The molecule has 0 N–H and O–H groups in total. The summed E-state index contributed by atoms with van der Waals surface area (Å²) in [5.41, 5.74) is 4.09. The molecule has 0 unspecified atom stereocenters. The maximum atomic E-state index is 5.41. The normalized spacial score (nSPS) is 10.6. The highest BCUT2D eigenvalue weighted by molar-refractivity contribution is 6.04. The third-order valence-corrected chi connectivity index (χ3v) is 4.36. The molecule has 0 fully saturated rings. The van der Waals surface area contributed by atoms with Gasteiger partial charge in [0.1, 0.15) is 11.3 Å². The molecule has 4 rings (SSSR count). The lowest BCUT2D eigenvalue weighted by molar-refractivity contribution is 0.622. The molecular weight excluding hydrogens is 323 g/mol. The Morgan fingerprint density at radius 3 is 1.96 bits per heavy atom. The van der Waals surface area contributed by atoms with Crippen molar-refractivity contribution in [1.82, 2.24) is 4.98 Å². The van der Waals surface area contributed by atoms with Gasteiger partial charge in [0.2, 0.25) is 0 Å². The number of benzene rings is 3. The van der Waals surface area contributed by atoms with Gasteiger partial charge in [-0.1, -0.05) is 36.4 Å². The first-order valence-electron chi connectivity index (χ1n) is 8.03. The van der Waals surface area contributed by atoms with E-state index in [4.69, 9.17) is 3.79 Å². The number of hydrogen-bond acceptors (Lipinski definition) is 3. The van der Waals surface area contributed by atoms with Crippen molar-refractivity contribution in [2.75, 3.05) is 4.90 Å². The lowest BCUT2D eigenvalue weighted by Crippen LogP contribution is -2.10. The van der Waals surface area contributed by atoms with E-state index < -0.39 is 0 Å². The predicted molar refractivity (Wildman–Crippen MR) is 103 cm³/mol. The number of fused-ring (bicyclic) bond motifs is 1. The van der Waals surface area contributed by atoms with Gasteiger partial charge in [0, 0.05) is 23.0 Å². The minimum absolute atomic E-state index is 0.741. The molecular formula is C21H15AlN2O. The number of pyridine rings is 1. The zero-order chi connectivity index (χ0) is 17.1. The number of hydrogen-bond donors (Lipinski definition) is 0. The Balaban J connectivity index is 1.99. The molecule has 1 heterocycles. The molecule has 0 amide bonds. The zero-order valence-corrected chi connectivity index (χ0v) is 14.7. The topological polar surface area (TPSA) is 25.4 Å². The lowest BCUT2D eigenvalue weighted by Gasteiger charge is -2.27. The lowest BCUT2D eigenvalue weighted by atomic mass is 10.1. The first kappa shape index (κ1) is 15.7. The van der Waals surface area contributed by atoms with Crippen molar-refractivity contribution in [3.05, 3.63) is 91.1 Å². The maximum absolute atomic E-state index is 5.41. The first-order chi connectivity index (χ1) is 12.4. The number of rotatable bonds is 4. The van der Waals surface area contributed by atoms with Crippen LogP contribution in [0.25, 0.3) is 10.9 Å². The molecule has 4 aromatic rings. The highest BCUT2D eigenvalue weighted by Crippen LogP contribution is 2.40. The summed E-state index contributed by atoms with van der Waals surface area (Å²) >= 11 is 2.30. The van der Waals surface area contributed by atoms with Crippen LogP contribution in [0.1, 0.15) is 0 Å². The van der Waals surface area contributed by atoms with Crippen LogP contribution in [-0.2, 0) is 0 Å². The Bertz CT molecular complexity index is 951. The molecule has 2 radical (unpaired) electrons. The zero-order valence-electron chi connectivity index (χ0n) is 13.5. The summed E-state index contributed by atoms with van der Waals surface area (Å²) in [5, 5.41) is 1.04. The second-order valence-electron chi connectivity index (χ2n) is 5.61. The van der Waals surface area contributed by atoms with Crippen LogP contribution in [0.3, 0.4) is 0 Å². The second-order valence-corrected chi connectivity index (χ2v) is 5.84. The molecule has 0 aliphatic carbocycles. The molecule has 0 atom stereocenters. The van der Waals surface area contributed by atoms with Crippen LogP contribution in [-0.4, -0.2) is 21.6 Å². The van der Waals surface area contributed by atoms with E-state index in [0.717, 1.165) is 33.7 Å². The van der Waals surface area contributed by atoms with Crippen LogP contribution in [0.5, 0.6) is 5.75 Å². The average molecular weight is 338 g/mol. The van der Waals surface area contributed by atoms with Gasteiger partial charge < -0.3 is 8.69 Å². The van der Waals surface area contributed by atoms with E-state index in [1.807, 2.05) is 48.5 Å². The Labute approximate surface area is 155 Å². The quantitative estimate of drug-likeness (QED) is 0.480. The molecule has 25 heavy (non-hydrogen) atoms. The third-order valence-electron chi connectivity index (χ3n) is 4.11. The van der Waals surface area contributed by atoms with Crippen LogP contribution < -0.4 is 8.69 Å².